The lowest BCUT2D eigenvalue weighted by atomic mass is 10.1. The van der Waals surface area contributed by atoms with Gasteiger partial charge in [0.25, 0.3) is 0 Å². The van der Waals surface area contributed by atoms with Crippen molar-refractivity contribution in [2.75, 3.05) is 5.75 Å². The summed E-state index contributed by atoms with van der Waals surface area (Å²) in [5, 5.41) is 0.931. The first-order valence-electron chi connectivity index (χ1n) is 5.91. The molecule has 2 heterocycles. The molecule has 0 fully saturated rings. The number of ether oxygens (including phenoxy) is 1. The Labute approximate surface area is 129 Å². The molecule has 106 valence electrons. The minimum atomic E-state index is -3.46. The maximum absolute atomic E-state index is 11.9. The van der Waals surface area contributed by atoms with Crippen LogP contribution in [-0.2, 0) is 27.8 Å². The minimum absolute atomic E-state index is 0.0503. The Morgan fingerprint density at radius 3 is 2.80 bits per heavy atom. The van der Waals surface area contributed by atoms with Crippen molar-refractivity contribution in [3.8, 4) is 0 Å². The monoisotopic (exact) mass is 376 g/mol. The Hall–Kier alpha value is -0.760. The van der Waals surface area contributed by atoms with Crippen molar-refractivity contribution in [1.82, 2.24) is 9.97 Å². The van der Waals surface area contributed by atoms with E-state index in [1.807, 2.05) is 0 Å². The number of hydrogen-bond acceptors (Lipinski definition) is 5. The van der Waals surface area contributed by atoms with Gasteiger partial charge in [-0.3, -0.25) is 0 Å². The summed E-state index contributed by atoms with van der Waals surface area (Å²) in [7, 11) is -3.46. The number of fused-ring (bicyclic) bond motifs is 3. The van der Waals surface area contributed by atoms with Crippen LogP contribution in [0.15, 0.2) is 15.8 Å². The fourth-order valence-corrected chi connectivity index (χ4v) is 3.64. The van der Waals surface area contributed by atoms with Crippen LogP contribution in [0, 0.1) is 0 Å². The Balaban J connectivity index is 2.37. The molecule has 0 unspecified atom stereocenters. The van der Waals surface area contributed by atoms with Gasteiger partial charge in [0.05, 0.1) is 29.5 Å². The number of nitrogens with zero attached hydrogens (tertiary/aromatic N) is 2. The van der Waals surface area contributed by atoms with E-state index in [-0.39, 0.29) is 10.9 Å². The number of rotatable bonds is 2. The summed E-state index contributed by atoms with van der Waals surface area (Å²) in [5.74, 6) is -0.0503. The first kappa shape index (κ1) is 14.2. The molecule has 8 heteroatoms. The second-order valence-corrected chi connectivity index (χ2v) is 7.74. The zero-order valence-electron chi connectivity index (χ0n) is 10.5. The van der Waals surface area contributed by atoms with Crippen molar-refractivity contribution in [2.24, 2.45) is 0 Å². The van der Waals surface area contributed by atoms with E-state index in [9.17, 15) is 8.42 Å². The predicted molar refractivity (Wildman–Crippen MR) is 78.5 cm³/mol. The number of hydrogen-bond donors (Lipinski definition) is 0. The quantitative estimate of drug-likeness (QED) is 0.753. The first-order chi connectivity index (χ1) is 9.45. The smallest absolute Gasteiger partial charge is 0.247 e. The van der Waals surface area contributed by atoms with Crippen LogP contribution in [-0.4, -0.2) is 24.1 Å². The van der Waals surface area contributed by atoms with Gasteiger partial charge in [0.1, 0.15) is 0 Å². The van der Waals surface area contributed by atoms with E-state index < -0.39 is 9.84 Å². The van der Waals surface area contributed by atoms with Gasteiger partial charge in [0.2, 0.25) is 15.0 Å². The topological polar surface area (TPSA) is 69.2 Å². The molecule has 0 saturated heterocycles. The lowest BCUT2D eigenvalue weighted by molar-refractivity contribution is 0.134. The van der Waals surface area contributed by atoms with E-state index >= 15 is 0 Å². The molecule has 0 amide bonds. The molecule has 0 saturated carbocycles. The Morgan fingerprint density at radius 1 is 1.40 bits per heavy atom. The summed E-state index contributed by atoms with van der Waals surface area (Å²) in [6.45, 7) is 2.47. The van der Waals surface area contributed by atoms with Crippen LogP contribution < -0.4 is 0 Å². The average Bonchev–Trinajstić information content (AvgIpc) is 2.93. The highest BCUT2D eigenvalue weighted by Gasteiger charge is 2.24. The van der Waals surface area contributed by atoms with Crippen LogP contribution >= 0.6 is 27.5 Å². The molecule has 20 heavy (non-hydrogen) atoms. The first-order valence-corrected chi connectivity index (χ1v) is 8.74. The Kier molecular flexibility index (Phi) is 3.48. The highest BCUT2D eigenvalue weighted by atomic mass is 79.9. The minimum Gasteiger partial charge on any atom is -0.372 e. The molecule has 1 aliphatic heterocycles. The maximum atomic E-state index is 11.9. The van der Waals surface area contributed by atoms with Gasteiger partial charge in [-0.05, 0) is 27.1 Å². The third kappa shape index (κ3) is 2.04. The lowest BCUT2D eigenvalue weighted by Gasteiger charge is -2.09. The van der Waals surface area contributed by atoms with Gasteiger partial charge < -0.3 is 4.74 Å². The fourth-order valence-electron chi connectivity index (χ4n) is 2.13. The van der Waals surface area contributed by atoms with Crippen molar-refractivity contribution in [2.45, 2.75) is 25.3 Å². The molecule has 0 N–H and O–H groups in total. The summed E-state index contributed by atoms with van der Waals surface area (Å²) in [4.78, 5) is 8.11. The molecule has 1 aromatic heterocycles. The number of aromatic nitrogens is 2. The molecule has 0 bridgehead atoms. The molecule has 0 spiro atoms. The summed E-state index contributed by atoms with van der Waals surface area (Å²) in [6, 6.07) is 0. The van der Waals surface area contributed by atoms with Crippen molar-refractivity contribution in [3.63, 3.8) is 0 Å². The number of benzene rings is 1. The standard InChI is InChI=1S/C12H10BrClN2O3S/c1-2-20(17,18)12-15-3-6-7-4-19-5-8(7)9(13)10(14)11(6)16-12/h3H,2,4-5H2,1H3. The van der Waals surface area contributed by atoms with Gasteiger partial charge in [-0.1, -0.05) is 18.5 Å². The molecule has 0 aliphatic carbocycles. The molecular formula is C12H10BrClN2O3S. The molecule has 1 aromatic carbocycles. The van der Waals surface area contributed by atoms with Gasteiger partial charge in [0, 0.05) is 16.1 Å². The third-order valence-electron chi connectivity index (χ3n) is 3.27. The number of sulfone groups is 1. The van der Waals surface area contributed by atoms with Crippen molar-refractivity contribution in [1.29, 1.82) is 0 Å². The fraction of sp³-hybridized carbons (Fsp3) is 0.333. The average molecular weight is 378 g/mol. The van der Waals surface area contributed by atoms with E-state index in [1.54, 1.807) is 6.92 Å². The highest BCUT2D eigenvalue weighted by molar-refractivity contribution is 9.10. The van der Waals surface area contributed by atoms with E-state index in [4.69, 9.17) is 16.3 Å². The van der Waals surface area contributed by atoms with Crippen LogP contribution in [0.3, 0.4) is 0 Å². The van der Waals surface area contributed by atoms with Crippen molar-refractivity contribution < 1.29 is 13.2 Å². The zero-order chi connectivity index (χ0) is 14.5. The second kappa shape index (κ2) is 4.91. The SMILES string of the molecule is CCS(=O)(=O)c1ncc2c3c(c(Br)c(Cl)c2n1)COC3. The van der Waals surface area contributed by atoms with Gasteiger partial charge in [-0.2, -0.15) is 0 Å². The maximum Gasteiger partial charge on any atom is 0.247 e. The van der Waals surface area contributed by atoms with E-state index in [2.05, 4.69) is 25.9 Å². The molecule has 0 radical (unpaired) electrons. The summed E-state index contributed by atoms with van der Waals surface area (Å²) >= 11 is 9.71. The van der Waals surface area contributed by atoms with E-state index in [0.29, 0.717) is 28.2 Å². The van der Waals surface area contributed by atoms with Gasteiger partial charge in [-0.15, -0.1) is 0 Å². The number of halogens is 2. The van der Waals surface area contributed by atoms with E-state index in [1.165, 1.54) is 6.20 Å². The Bertz CT molecular complexity index is 823. The van der Waals surface area contributed by atoms with E-state index in [0.717, 1.165) is 16.5 Å². The lowest BCUT2D eigenvalue weighted by Crippen LogP contribution is -2.09. The van der Waals surface area contributed by atoms with Gasteiger partial charge >= 0.3 is 0 Å². The van der Waals surface area contributed by atoms with Crippen LogP contribution in [0.5, 0.6) is 0 Å². The molecular weight excluding hydrogens is 368 g/mol. The zero-order valence-corrected chi connectivity index (χ0v) is 13.6. The van der Waals surface area contributed by atoms with Crippen molar-refractivity contribution >= 4 is 48.3 Å². The Morgan fingerprint density at radius 2 is 2.10 bits per heavy atom. The third-order valence-corrected chi connectivity index (χ3v) is 6.26. The van der Waals surface area contributed by atoms with Crippen LogP contribution in [0.1, 0.15) is 18.1 Å². The molecule has 3 rings (SSSR count). The molecule has 1 aliphatic rings. The summed E-state index contributed by atoms with van der Waals surface area (Å²) < 4.78 is 29.9. The normalized spacial score (nSPS) is 14.8. The second-order valence-electron chi connectivity index (χ2n) is 4.40. The molecule has 5 nitrogen and oxygen atoms in total. The van der Waals surface area contributed by atoms with Crippen LogP contribution in [0.25, 0.3) is 10.9 Å². The van der Waals surface area contributed by atoms with Gasteiger partial charge in [0.15, 0.2) is 0 Å². The molecule has 2 aromatic rings. The highest BCUT2D eigenvalue weighted by Crippen LogP contribution is 2.40. The largest absolute Gasteiger partial charge is 0.372 e. The summed E-state index contributed by atoms with van der Waals surface area (Å²) in [6.07, 6.45) is 1.51. The predicted octanol–water partition coefficient (Wildman–Crippen LogP) is 2.87. The van der Waals surface area contributed by atoms with Gasteiger partial charge in [-0.25, -0.2) is 18.4 Å². The van der Waals surface area contributed by atoms with Crippen molar-refractivity contribution in [3.05, 3.63) is 26.8 Å². The molecule has 0 atom stereocenters. The van der Waals surface area contributed by atoms with Crippen LogP contribution in [0.2, 0.25) is 5.02 Å². The van der Waals surface area contributed by atoms with Crippen LogP contribution in [0.4, 0.5) is 0 Å². The summed E-state index contributed by atoms with van der Waals surface area (Å²) in [5.41, 5.74) is 2.36.